The Labute approximate surface area is 363 Å². The Kier molecular flexibility index (Phi) is 11.2. The van der Waals surface area contributed by atoms with Crippen molar-refractivity contribution in [2.45, 2.75) is 56.8 Å². The number of fused-ring (bicyclic) bond motifs is 7. The monoisotopic (exact) mass is 1010 g/mol. The number of furan rings is 1. The van der Waals surface area contributed by atoms with E-state index < -0.39 is 13.3 Å². The molecule has 6 heteroatoms. The quantitative estimate of drug-likeness (QED) is 0.0947. The standard InChI is InChI=1S/C39H31N2O.C14H16GeN.Ir/c1-23(2)28-12-9-13-29(24(3)4)38(28)41-35-15-8-7-14-34(35)40-39(41)27-18-19-36-32(20-27)33-22-31-26(21-37(33)42-36)17-16-25-10-5-6-11-30(25)31;1-15(2,3)13-9-10-14(16-11-13)12-7-5-4-6-8-12;/h5-17,19-24H,1-4H3;4-7,9-11H,1-3H3;/q2*-1;. The summed E-state index contributed by atoms with van der Waals surface area (Å²) in [6.45, 7) is 9.08. The van der Waals surface area contributed by atoms with Gasteiger partial charge in [-0.05, 0) is 68.8 Å². The molecule has 3 heterocycles. The second kappa shape index (κ2) is 16.4. The fourth-order valence-corrected chi connectivity index (χ4v) is 10.3. The molecule has 0 saturated heterocycles. The van der Waals surface area contributed by atoms with Crippen molar-refractivity contribution in [3.8, 4) is 28.3 Å². The van der Waals surface area contributed by atoms with E-state index in [1.165, 1.54) is 42.8 Å². The van der Waals surface area contributed by atoms with Gasteiger partial charge in [0.05, 0.1) is 22.4 Å². The molecule has 0 aliphatic heterocycles. The van der Waals surface area contributed by atoms with Crippen LogP contribution in [0.25, 0.3) is 82.8 Å². The summed E-state index contributed by atoms with van der Waals surface area (Å²) in [5.74, 6) is 8.76. The number of imidazole rings is 1. The van der Waals surface area contributed by atoms with Crippen LogP contribution in [0.3, 0.4) is 0 Å². The first-order chi connectivity index (χ1) is 28.0. The van der Waals surface area contributed by atoms with Gasteiger partial charge in [0, 0.05) is 31.2 Å². The Morgan fingerprint density at radius 2 is 1.32 bits per heavy atom. The molecule has 4 nitrogen and oxygen atoms in total. The molecule has 0 spiro atoms. The van der Waals surface area contributed by atoms with Gasteiger partial charge in [0.25, 0.3) is 0 Å². The van der Waals surface area contributed by atoms with Crippen molar-refractivity contribution in [1.82, 2.24) is 14.5 Å². The molecule has 10 aromatic rings. The predicted octanol–water partition coefficient (Wildman–Crippen LogP) is 14.0. The summed E-state index contributed by atoms with van der Waals surface area (Å²) in [6.07, 6.45) is 2.04. The summed E-state index contributed by atoms with van der Waals surface area (Å²) in [5, 5.41) is 7.09. The van der Waals surface area contributed by atoms with Crippen molar-refractivity contribution in [3.05, 3.63) is 169 Å². The number of rotatable bonds is 6. The molecule has 0 unspecified atom stereocenters. The minimum Gasteiger partial charge on any atom is 0 e. The Balaban J connectivity index is 0.000000240. The van der Waals surface area contributed by atoms with Crippen LogP contribution in [-0.2, 0) is 20.1 Å². The van der Waals surface area contributed by atoms with Gasteiger partial charge in [0.15, 0.2) is 0 Å². The first-order valence-electron chi connectivity index (χ1n) is 20.3. The van der Waals surface area contributed by atoms with Crippen LogP contribution in [0.5, 0.6) is 0 Å². The third kappa shape index (κ3) is 7.68. The third-order valence-corrected chi connectivity index (χ3v) is 15.5. The van der Waals surface area contributed by atoms with E-state index in [0.717, 1.165) is 55.6 Å². The number of benzene rings is 7. The molecular weight excluding hydrogens is 959 g/mol. The topological polar surface area (TPSA) is 43.9 Å². The van der Waals surface area contributed by atoms with Gasteiger partial charge in [-0.15, -0.1) is 23.8 Å². The van der Waals surface area contributed by atoms with E-state index >= 15 is 0 Å². The van der Waals surface area contributed by atoms with Crippen LogP contribution in [0.4, 0.5) is 0 Å². The fraction of sp³-hybridized carbons (Fsp3) is 0.170. The summed E-state index contributed by atoms with van der Waals surface area (Å²) in [6, 6.07) is 55.8. The summed E-state index contributed by atoms with van der Waals surface area (Å²) in [4.78, 5) is 9.75. The average Bonchev–Trinajstić information content (AvgIpc) is 3.80. The summed E-state index contributed by atoms with van der Waals surface area (Å²) < 4.78 is 10.2. The van der Waals surface area contributed by atoms with Gasteiger partial charge < -0.3 is 8.98 Å². The Morgan fingerprint density at radius 3 is 2.03 bits per heavy atom. The normalized spacial score (nSPS) is 11.8. The maximum atomic E-state index is 6.38. The zero-order valence-corrected chi connectivity index (χ0v) is 39.1. The van der Waals surface area contributed by atoms with Crippen molar-refractivity contribution >= 4 is 72.2 Å². The van der Waals surface area contributed by atoms with Crippen molar-refractivity contribution in [3.63, 3.8) is 0 Å². The van der Waals surface area contributed by atoms with Crippen molar-refractivity contribution in [1.29, 1.82) is 0 Å². The predicted molar refractivity (Wildman–Crippen MR) is 247 cm³/mol. The molecule has 0 N–H and O–H groups in total. The van der Waals surface area contributed by atoms with Crippen LogP contribution in [0.2, 0.25) is 17.3 Å². The van der Waals surface area contributed by atoms with Crippen LogP contribution in [0.1, 0.15) is 50.7 Å². The maximum Gasteiger partial charge on any atom is 0 e. The van der Waals surface area contributed by atoms with Crippen molar-refractivity contribution in [2.24, 2.45) is 0 Å². The number of para-hydroxylation sites is 3. The van der Waals surface area contributed by atoms with E-state index in [0.29, 0.717) is 11.8 Å². The van der Waals surface area contributed by atoms with E-state index in [9.17, 15) is 0 Å². The average molecular weight is 1010 g/mol. The molecule has 0 bridgehead atoms. The first-order valence-corrected chi connectivity index (χ1v) is 27.6. The molecule has 0 amide bonds. The van der Waals surface area contributed by atoms with Crippen molar-refractivity contribution < 1.29 is 24.5 Å². The minimum atomic E-state index is -1.72. The Hall–Kier alpha value is -5.33. The first kappa shape index (κ1) is 40.5. The van der Waals surface area contributed by atoms with Gasteiger partial charge in [-0.2, -0.15) is 0 Å². The minimum absolute atomic E-state index is 0. The molecule has 0 atom stereocenters. The molecule has 295 valence electrons. The van der Waals surface area contributed by atoms with Crippen molar-refractivity contribution in [2.75, 3.05) is 0 Å². The van der Waals surface area contributed by atoms with Crippen LogP contribution < -0.4 is 4.40 Å². The summed E-state index contributed by atoms with van der Waals surface area (Å²) in [7, 11) is 0. The number of aromatic nitrogens is 3. The molecule has 59 heavy (non-hydrogen) atoms. The van der Waals surface area contributed by atoms with Gasteiger partial charge in [-0.25, -0.2) is 0 Å². The maximum absolute atomic E-state index is 6.38. The summed E-state index contributed by atoms with van der Waals surface area (Å²) >= 11 is -1.72. The zero-order chi connectivity index (χ0) is 40.1. The molecule has 10 rings (SSSR count). The number of pyridine rings is 1. The van der Waals surface area contributed by atoms with Gasteiger partial charge >= 0.3 is 99.8 Å². The molecular formula is C53H47GeIrN3O-2. The zero-order valence-electron chi connectivity index (χ0n) is 34.6. The van der Waals surface area contributed by atoms with Gasteiger partial charge in [-0.1, -0.05) is 99.8 Å². The molecule has 3 aromatic heterocycles. The Bertz CT molecular complexity index is 3080. The second-order valence-corrected chi connectivity index (χ2v) is 27.5. The molecule has 0 saturated carbocycles. The van der Waals surface area contributed by atoms with E-state index in [1.54, 1.807) is 0 Å². The Morgan fingerprint density at radius 1 is 0.610 bits per heavy atom. The number of hydrogen-bond donors (Lipinski definition) is 0. The molecule has 1 radical (unpaired) electrons. The van der Waals surface area contributed by atoms with Gasteiger partial charge in [-0.3, -0.25) is 4.98 Å². The molecule has 0 aliphatic carbocycles. The van der Waals surface area contributed by atoms with E-state index in [2.05, 4.69) is 176 Å². The van der Waals surface area contributed by atoms with Crippen LogP contribution >= 0.6 is 0 Å². The number of nitrogens with zero attached hydrogens (tertiary/aromatic N) is 3. The SMILES string of the molecule is CC(C)c1cccc(C(C)C)c1-n1c(-c2[c-]cc3oc4cc5ccc6ccccc6c5cc4c3c2)nc2ccccc21.[CH3][Ge]([CH3])([CH3])[c]1ccc(-c2[c-]cccc2)nc1.[Ir]. The molecule has 0 aliphatic rings. The molecule has 0 fully saturated rings. The van der Waals surface area contributed by atoms with E-state index in [1.807, 2.05) is 36.5 Å². The molecule has 7 aromatic carbocycles. The largest absolute Gasteiger partial charge is 0 e. The van der Waals surface area contributed by atoms with Crippen LogP contribution in [-0.4, -0.2) is 27.8 Å². The third-order valence-electron chi connectivity index (χ3n) is 11.3. The number of hydrogen-bond acceptors (Lipinski definition) is 3. The second-order valence-electron chi connectivity index (χ2n) is 16.9. The van der Waals surface area contributed by atoms with Gasteiger partial charge in [0.2, 0.25) is 0 Å². The smallest absolute Gasteiger partial charge is 0 e. The van der Waals surface area contributed by atoms with Crippen LogP contribution in [0, 0.1) is 12.1 Å². The fourth-order valence-electron chi connectivity index (χ4n) is 8.10. The summed E-state index contributed by atoms with van der Waals surface area (Å²) in [5.41, 5.74) is 10.7. The van der Waals surface area contributed by atoms with E-state index in [4.69, 9.17) is 9.40 Å². The van der Waals surface area contributed by atoms with Gasteiger partial charge in [0.1, 0.15) is 5.58 Å². The van der Waals surface area contributed by atoms with E-state index in [-0.39, 0.29) is 20.1 Å². The van der Waals surface area contributed by atoms with Crippen LogP contribution in [0.15, 0.2) is 150 Å².